The van der Waals surface area contributed by atoms with Crippen LogP contribution in [0.3, 0.4) is 0 Å². The average molecular weight is 219 g/mol. The van der Waals surface area contributed by atoms with Gasteiger partial charge in [0.1, 0.15) is 0 Å². The van der Waals surface area contributed by atoms with E-state index in [1.165, 1.54) is 25.7 Å². The van der Waals surface area contributed by atoms with Gasteiger partial charge in [0.25, 0.3) is 0 Å². The maximum atomic E-state index is 2.74. The molecule has 0 unspecified atom stereocenters. The highest BCUT2D eigenvalue weighted by atomic mass is 14.5. The predicted octanol–water partition coefficient (Wildman–Crippen LogP) is 4.84. The van der Waals surface area contributed by atoms with Crippen LogP contribution in [0.4, 0.5) is 0 Å². The van der Waals surface area contributed by atoms with Gasteiger partial charge in [-0.15, -0.1) is 0 Å². The van der Waals surface area contributed by atoms with Gasteiger partial charge in [-0.2, -0.15) is 0 Å². The van der Waals surface area contributed by atoms with Crippen molar-refractivity contribution in [3.8, 4) is 0 Å². The molecule has 0 aliphatic heterocycles. The summed E-state index contributed by atoms with van der Waals surface area (Å²) in [6.07, 6.45) is 16.3. The van der Waals surface area contributed by atoms with Crippen molar-refractivity contribution in [1.82, 2.24) is 0 Å². The first kappa shape index (κ1) is 11.1. The summed E-state index contributed by atoms with van der Waals surface area (Å²) >= 11 is 0. The highest BCUT2D eigenvalue weighted by Crippen LogP contribution is 2.57. The summed E-state index contributed by atoms with van der Waals surface area (Å²) in [6, 6.07) is 0. The van der Waals surface area contributed by atoms with Crippen LogP contribution in [0.2, 0.25) is 0 Å². The molecule has 0 spiro atoms. The molecular formula is C16H27. The van der Waals surface area contributed by atoms with Crippen LogP contribution in [0.5, 0.6) is 0 Å². The molecular weight excluding hydrogens is 192 g/mol. The van der Waals surface area contributed by atoms with E-state index in [-0.39, 0.29) is 0 Å². The van der Waals surface area contributed by atoms with Crippen LogP contribution < -0.4 is 0 Å². The summed E-state index contributed by atoms with van der Waals surface area (Å²) in [4.78, 5) is 0. The fourth-order valence-electron chi connectivity index (χ4n) is 5.06. The van der Waals surface area contributed by atoms with E-state index in [0.717, 1.165) is 29.6 Å². The molecule has 0 N–H and O–H groups in total. The lowest BCUT2D eigenvalue weighted by atomic mass is 9.51. The summed E-state index contributed by atoms with van der Waals surface area (Å²) in [5, 5.41) is 0. The van der Waals surface area contributed by atoms with Gasteiger partial charge in [-0.1, -0.05) is 26.2 Å². The van der Waals surface area contributed by atoms with Crippen molar-refractivity contribution in [2.45, 2.75) is 64.7 Å². The van der Waals surface area contributed by atoms with Crippen LogP contribution in [0.1, 0.15) is 64.7 Å². The molecule has 1 radical (unpaired) electrons. The minimum absolute atomic E-state index is 1.03. The molecule has 0 atom stereocenters. The fourth-order valence-corrected chi connectivity index (χ4v) is 5.06. The van der Waals surface area contributed by atoms with E-state index in [9.17, 15) is 0 Å². The summed E-state index contributed by atoms with van der Waals surface area (Å²) < 4.78 is 0. The van der Waals surface area contributed by atoms with E-state index >= 15 is 0 Å². The zero-order valence-corrected chi connectivity index (χ0v) is 10.8. The van der Waals surface area contributed by atoms with Crippen molar-refractivity contribution in [3.05, 3.63) is 6.42 Å². The number of unbranched alkanes of at least 4 members (excludes halogenated alkanes) is 3. The molecule has 0 saturated heterocycles. The number of rotatable bonds is 5. The third-order valence-electron chi connectivity index (χ3n) is 5.55. The standard InChI is InChI=1S/C16H27/c1-2-3-4-5-6-16-14-8-12-7-13(10-14)11-15(16)9-12/h6,12-16H,2-5,7-11H2,1H3. The molecule has 0 heteroatoms. The van der Waals surface area contributed by atoms with Crippen molar-refractivity contribution < 1.29 is 0 Å². The quantitative estimate of drug-likeness (QED) is 0.580. The molecule has 0 amide bonds. The topological polar surface area (TPSA) is 0 Å². The number of hydrogen-bond donors (Lipinski definition) is 0. The Kier molecular flexibility index (Phi) is 3.27. The molecule has 4 aliphatic carbocycles. The van der Waals surface area contributed by atoms with E-state index in [1.807, 2.05) is 0 Å². The Labute approximate surface area is 101 Å². The first-order valence-electron chi connectivity index (χ1n) is 7.70. The fraction of sp³-hybridized carbons (Fsp3) is 0.938. The van der Waals surface area contributed by atoms with E-state index in [1.54, 1.807) is 32.1 Å². The van der Waals surface area contributed by atoms with Crippen molar-refractivity contribution in [1.29, 1.82) is 0 Å². The van der Waals surface area contributed by atoms with E-state index in [2.05, 4.69) is 13.3 Å². The predicted molar refractivity (Wildman–Crippen MR) is 69.0 cm³/mol. The molecule has 0 aromatic rings. The zero-order valence-electron chi connectivity index (χ0n) is 10.8. The van der Waals surface area contributed by atoms with Crippen molar-refractivity contribution in [2.24, 2.45) is 29.6 Å². The minimum Gasteiger partial charge on any atom is -0.0654 e. The van der Waals surface area contributed by atoms with Gasteiger partial charge >= 0.3 is 0 Å². The highest BCUT2D eigenvalue weighted by Gasteiger charge is 2.47. The van der Waals surface area contributed by atoms with Crippen LogP contribution in [0, 0.1) is 36.0 Å². The average Bonchev–Trinajstić information content (AvgIpc) is 2.26. The third kappa shape index (κ3) is 2.05. The summed E-state index contributed by atoms with van der Waals surface area (Å²) in [6.45, 7) is 2.31. The van der Waals surface area contributed by atoms with Crippen LogP contribution in [-0.2, 0) is 0 Å². The molecule has 4 saturated carbocycles. The molecule has 16 heavy (non-hydrogen) atoms. The van der Waals surface area contributed by atoms with Gasteiger partial charge in [-0.3, -0.25) is 0 Å². The Bertz CT molecular complexity index is 202. The Balaban J connectivity index is 1.52. The molecule has 0 heterocycles. The second-order valence-corrected chi connectivity index (χ2v) is 6.74. The van der Waals surface area contributed by atoms with E-state index in [0.29, 0.717) is 0 Å². The molecule has 4 bridgehead atoms. The molecule has 0 aromatic heterocycles. The molecule has 0 aromatic carbocycles. The van der Waals surface area contributed by atoms with Crippen molar-refractivity contribution in [3.63, 3.8) is 0 Å². The lowest BCUT2D eigenvalue weighted by Gasteiger charge is -2.54. The number of hydrogen-bond acceptors (Lipinski definition) is 0. The van der Waals surface area contributed by atoms with Gasteiger partial charge in [0.05, 0.1) is 0 Å². The summed E-state index contributed by atoms with van der Waals surface area (Å²) in [5.41, 5.74) is 0. The molecule has 4 fully saturated rings. The van der Waals surface area contributed by atoms with E-state index < -0.39 is 0 Å². The first-order valence-corrected chi connectivity index (χ1v) is 7.70. The summed E-state index contributed by atoms with van der Waals surface area (Å²) in [7, 11) is 0. The molecule has 4 rings (SSSR count). The smallest absolute Gasteiger partial charge is 0.0326 e. The zero-order chi connectivity index (χ0) is 11.0. The molecule has 0 nitrogen and oxygen atoms in total. The first-order chi connectivity index (χ1) is 7.86. The van der Waals surface area contributed by atoms with E-state index in [4.69, 9.17) is 0 Å². The normalized spacial score (nSPS) is 45.2. The Morgan fingerprint density at radius 1 is 0.875 bits per heavy atom. The Morgan fingerprint density at radius 2 is 1.50 bits per heavy atom. The SMILES string of the molecule is CCCCC[CH]C1C2CC3CC(C2)CC1C3. The minimum atomic E-state index is 1.03. The van der Waals surface area contributed by atoms with Gasteiger partial charge in [0, 0.05) is 0 Å². The lowest BCUT2D eigenvalue weighted by molar-refractivity contribution is -0.0238. The van der Waals surface area contributed by atoms with Gasteiger partial charge in [-0.05, 0) is 74.5 Å². The Hall–Kier alpha value is 0. The highest BCUT2D eigenvalue weighted by molar-refractivity contribution is 5.02. The van der Waals surface area contributed by atoms with Crippen LogP contribution in [-0.4, -0.2) is 0 Å². The third-order valence-corrected chi connectivity index (χ3v) is 5.55. The molecule has 91 valence electrons. The van der Waals surface area contributed by atoms with Crippen molar-refractivity contribution in [2.75, 3.05) is 0 Å². The van der Waals surface area contributed by atoms with Crippen LogP contribution >= 0.6 is 0 Å². The van der Waals surface area contributed by atoms with Gasteiger partial charge in [-0.25, -0.2) is 0 Å². The van der Waals surface area contributed by atoms with Gasteiger partial charge in [0.15, 0.2) is 0 Å². The Morgan fingerprint density at radius 3 is 2.06 bits per heavy atom. The van der Waals surface area contributed by atoms with Gasteiger partial charge in [0.2, 0.25) is 0 Å². The largest absolute Gasteiger partial charge is 0.0654 e. The maximum Gasteiger partial charge on any atom is -0.0326 e. The lowest BCUT2D eigenvalue weighted by Crippen LogP contribution is -2.45. The van der Waals surface area contributed by atoms with Crippen molar-refractivity contribution >= 4 is 0 Å². The van der Waals surface area contributed by atoms with Crippen LogP contribution in [0.15, 0.2) is 0 Å². The molecule has 4 aliphatic rings. The second kappa shape index (κ2) is 4.70. The van der Waals surface area contributed by atoms with Crippen LogP contribution in [0.25, 0.3) is 0 Å². The summed E-state index contributed by atoms with van der Waals surface area (Å²) in [5.74, 6) is 5.53. The monoisotopic (exact) mass is 219 g/mol. The maximum absolute atomic E-state index is 2.74. The van der Waals surface area contributed by atoms with Gasteiger partial charge < -0.3 is 0 Å². The second-order valence-electron chi connectivity index (χ2n) is 6.74.